The quantitative estimate of drug-likeness (QED) is 0.441. The molecule has 0 radical (unpaired) electrons. The molecule has 0 bridgehead atoms. The summed E-state index contributed by atoms with van der Waals surface area (Å²) in [4.78, 5) is 12.4. The summed E-state index contributed by atoms with van der Waals surface area (Å²) in [6, 6.07) is 16.6. The molecule has 0 aliphatic heterocycles. The molecule has 0 fully saturated rings. The largest absolute Gasteiger partial charge is 0.480 e. The van der Waals surface area contributed by atoms with Crippen LogP contribution in [-0.4, -0.2) is 12.5 Å². The zero-order valence-corrected chi connectivity index (χ0v) is 15.8. The summed E-state index contributed by atoms with van der Waals surface area (Å²) in [5, 5.41) is 12.2. The molecule has 4 nitrogen and oxygen atoms in total. The number of nitrogens with one attached hydrogen (secondary N) is 1. The first kappa shape index (κ1) is 19.3. The first-order valence-electron chi connectivity index (χ1n) is 7.88. The number of halogens is 1. The van der Waals surface area contributed by atoms with Gasteiger partial charge in [0.1, 0.15) is 24.0 Å². The van der Waals surface area contributed by atoms with Crippen LogP contribution in [0.15, 0.2) is 58.6 Å². The van der Waals surface area contributed by atoms with Gasteiger partial charge in [-0.15, -0.1) is 6.42 Å². The lowest BCUT2D eigenvalue weighted by atomic mass is 10.1. The number of hydrogen-bond donors (Lipinski definition) is 1. The molecule has 1 amide bonds. The van der Waals surface area contributed by atoms with Crippen LogP contribution < -0.4 is 10.1 Å². The van der Waals surface area contributed by atoms with E-state index in [1.54, 1.807) is 18.2 Å². The number of benzene rings is 2. The van der Waals surface area contributed by atoms with E-state index in [1.807, 2.05) is 43.3 Å². The van der Waals surface area contributed by atoms with Crippen molar-refractivity contribution in [1.82, 2.24) is 5.32 Å². The summed E-state index contributed by atoms with van der Waals surface area (Å²) in [7, 11) is 0. The molecule has 2 rings (SSSR count). The highest BCUT2D eigenvalue weighted by Gasteiger charge is 2.14. The van der Waals surface area contributed by atoms with Gasteiger partial charge in [-0.25, -0.2) is 0 Å². The maximum absolute atomic E-state index is 12.4. The van der Waals surface area contributed by atoms with Crippen molar-refractivity contribution in [2.24, 2.45) is 0 Å². The second-order valence-corrected chi connectivity index (χ2v) is 6.31. The molecule has 0 saturated carbocycles. The highest BCUT2D eigenvalue weighted by Crippen LogP contribution is 2.27. The molecule has 2 aromatic rings. The lowest BCUT2D eigenvalue weighted by Gasteiger charge is -2.13. The van der Waals surface area contributed by atoms with E-state index in [2.05, 4.69) is 27.2 Å². The van der Waals surface area contributed by atoms with Crippen LogP contribution in [0.25, 0.3) is 6.08 Å². The average molecular weight is 409 g/mol. The Kier molecular flexibility index (Phi) is 7.02. The molecular weight excluding hydrogens is 392 g/mol. The molecule has 0 unspecified atom stereocenters. The van der Waals surface area contributed by atoms with Crippen LogP contribution in [0.2, 0.25) is 0 Å². The van der Waals surface area contributed by atoms with Crippen molar-refractivity contribution in [3.05, 3.63) is 69.7 Å². The van der Waals surface area contributed by atoms with Gasteiger partial charge in [0.25, 0.3) is 5.91 Å². The molecule has 0 aliphatic rings. The van der Waals surface area contributed by atoms with Crippen LogP contribution in [0.1, 0.15) is 24.1 Å². The number of nitriles is 1. The molecule has 0 saturated heterocycles. The Morgan fingerprint density at radius 3 is 2.69 bits per heavy atom. The van der Waals surface area contributed by atoms with E-state index in [9.17, 15) is 10.1 Å². The topological polar surface area (TPSA) is 62.1 Å². The fourth-order valence-corrected chi connectivity index (χ4v) is 2.77. The number of rotatable bonds is 6. The monoisotopic (exact) mass is 408 g/mol. The molecule has 1 N–H and O–H groups in total. The third-order valence-electron chi connectivity index (χ3n) is 3.59. The van der Waals surface area contributed by atoms with Crippen molar-refractivity contribution in [3.63, 3.8) is 0 Å². The molecule has 0 aromatic heterocycles. The second-order valence-electron chi connectivity index (χ2n) is 5.46. The number of nitrogens with zero attached hydrogens (tertiary/aromatic N) is 1. The van der Waals surface area contributed by atoms with Crippen molar-refractivity contribution in [3.8, 4) is 24.2 Å². The Labute approximate surface area is 161 Å². The van der Waals surface area contributed by atoms with Gasteiger partial charge < -0.3 is 10.1 Å². The standard InChI is InChI=1S/C21H17BrN2O2/c1-3-11-26-20-10-9-16(13-19(20)22)12-18(14-23)21(25)24-15(2)17-7-5-4-6-8-17/h1,4-10,12-13,15H,11H2,2H3,(H,24,25)/b18-12-/t15-/m0/s1. The second kappa shape index (κ2) is 9.46. The number of carbonyl (C=O) groups is 1. The van der Waals surface area contributed by atoms with Crippen LogP contribution in [0.4, 0.5) is 0 Å². The molecule has 0 heterocycles. The van der Waals surface area contributed by atoms with Gasteiger partial charge in [0.15, 0.2) is 0 Å². The highest BCUT2D eigenvalue weighted by molar-refractivity contribution is 9.10. The van der Waals surface area contributed by atoms with Crippen molar-refractivity contribution in [1.29, 1.82) is 5.26 Å². The van der Waals surface area contributed by atoms with Crippen molar-refractivity contribution >= 4 is 27.9 Å². The normalized spacial score (nSPS) is 11.8. The Bertz CT molecular complexity index is 892. The summed E-state index contributed by atoms with van der Waals surface area (Å²) in [5.74, 6) is 2.57. The average Bonchev–Trinajstić information content (AvgIpc) is 2.66. The third kappa shape index (κ3) is 5.24. The van der Waals surface area contributed by atoms with Gasteiger partial charge in [-0.2, -0.15) is 5.26 Å². The van der Waals surface area contributed by atoms with Crippen LogP contribution in [-0.2, 0) is 4.79 Å². The summed E-state index contributed by atoms with van der Waals surface area (Å²) >= 11 is 3.39. The highest BCUT2D eigenvalue weighted by atomic mass is 79.9. The molecule has 26 heavy (non-hydrogen) atoms. The Morgan fingerprint density at radius 1 is 1.35 bits per heavy atom. The van der Waals surface area contributed by atoms with Gasteiger partial charge in [-0.3, -0.25) is 4.79 Å². The van der Waals surface area contributed by atoms with Crippen LogP contribution in [0.5, 0.6) is 5.75 Å². The molecule has 1 atom stereocenters. The van der Waals surface area contributed by atoms with E-state index in [0.717, 1.165) is 5.56 Å². The lowest BCUT2D eigenvalue weighted by Crippen LogP contribution is -2.27. The number of ether oxygens (including phenoxy) is 1. The Balaban J connectivity index is 2.14. The van der Waals surface area contributed by atoms with Gasteiger partial charge >= 0.3 is 0 Å². The van der Waals surface area contributed by atoms with Gasteiger partial charge in [0.05, 0.1) is 10.5 Å². The Hall–Kier alpha value is -3.02. The first-order valence-corrected chi connectivity index (χ1v) is 8.68. The fourth-order valence-electron chi connectivity index (χ4n) is 2.26. The van der Waals surface area contributed by atoms with E-state index in [0.29, 0.717) is 15.8 Å². The minimum absolute atomic E-state index is 0.0250. The van der Waals surface area contributed by atoms with E-state index in [1.165, 1.54) is 6.08 Å². The minimum Gasteiger partial charge on any atom is -0.480 e. The summed E-state index contributed by atoms with van der Waals surface area (Å²) in [6.45, 7) is 2.04. The lowest BCUT2D eigenvalue weighted by molar-refractivity contribution is -0.117. The van der Waals surface area contributed by atoms with Crippen LogP contribution >= 0.6 is 15.9 Å². The zero-order chi connectivity index (χ0) is 18.9. The maximum atomic E-state index is 12.4. The van der Waals surface area contributed by atoms with E-state index < -0.39 is 5.91 Å². The first-order chi connectivity index (χ1) is 12.5. The molecule has 5 heteroatoms. The smallest absolute Gasteiger partial charge is 0.262 e. The van der Waals surface area contributed by atoms with Crippen molar-refractivity contribution in [2.45, 2.75) is 13.0 Å². The predicted molar refractivity (Wildman–Crippen MR) is 105 cm³/mol. The molecule has 2 aromatic carbocycles. The van der Waals surface area contributed by atoms with Gasteiger partial charge in [-0.05, 0) is 52.2 Å². The minimum atomic E-state index is -0.423. The van der Waals surface area contributed by atoms with Gasteiger partial charge in [0, 0.05) is 0 Å². The fraction of sp³-hybridized carbons (Fsp3) is 0.143. The van der Waals surface area contributed by atoms with Gasteiger partial charge in [-0.1, -0.05) is 42.3 Å². The van der Waals surface area contributed by atoms with E-state index in [-0.39, 0.29) is 18.2 Å². The van der Waals surface area contributed by atoms with Crippen LogP contribution in [0, 0.1) is 23.7 Å². The summed E-state index contributed by atoms with van der Waals surface area (Å²) < 4.78 is 6.06. The Morgan fingerprint density at radius 2 is 2.08 bits per heavy atom. The SMILES string of the molecule is C#CCOc1ccc(/C=C(/C#N)C(=O)N[C@@H](C)c2ccccc2)cc1Br. The number of hydrogen-bond acceptors (Lipinski definition) is 3. The number of terminal acetylenes is 1. The third-order valence-corrected chi connectivity index (χ3v) is 4.21. The number of amides is 1. The maximum Gasteiger partial charge on any atom is 0.262 e. The van der Waals surface area contributed by atoms with Crippen LogP contribution in [0.3, 0.4) is 0 Å². The van der Waals surface area contributed by atoms with Gasteiger partial charge in [0.2, 0.25) is 0 Å². The van der Waals surface area contributed by atoms with E-state index >= 15 is 0 Å². The van der Waals surface area contributed by atoms with Crippen molar-refractivity contribution < 1.29 is 9.53 Å². The zero-order valence-electron chi connectivity index (χ0n) is 14.2. The number of carbonyl (C=O) groups excluding carboxylic acids is 1. The van der Waals surface area contributed by atoms with Crippen molar-refractivity contribution in [2.75, 3.05) is 6.61 Å². The van der Waals surface area contributed by atoms with E-state index in [4.69, 9.17) is 11.2 Å². The predicted octanol–water partition coefficient (Wildman–Crippen LogP) is 4.25. The molecular formula is C21H17BrN2O2. The molecule has 0 aliphatic carbocycles. The summed E-state index contributed by atoms with van der Waals surface area (Å²) in [6.07, 6.45) is 6.71. The molecule has 130 valence electrons. The summed E-state index contributed by atoms with van der Waals surface area (Å²) in [5.41, 5.74) is 1.69. The molecule has 0 spiro atoms.